The van der Waals surface area contributed by atoms with Crippen LogP contribution in [0.15, 0.2) is 18.3 Å². The van der Waals surface area contributed by atoms with Gasteiger partial charge in [0.25, 0.3) is 0 Å². The van der Waals surface area contributed by atoms with Gasteiger partial charge in [0.15, 0.2) is 0 Å². The number of alkyl halides is 1. The summed E-state index contributed by atoms with van der Waals surface area (Å²) in [7, 11) is 0. The Kier molecular flexibility index (Phi) is 2.28. The van der Waals surface area contributed by atoms with Gasteiger partial charge in [0.1, 0.15) is 5.67 Å². The Morgan fingerprint density at radius 2 is 2.00 bits per heavy atom. The summed E-state index contributed by atoms with van der Waals surface area (Å²) in [5.41, 5.74) is 1.29. The molecule has 0 aromatic carbocycles. The van der Waals surface area contributed by atoms with Crippen LogP contribution in [0.25, 0.3) is 0 Å². The minimum absolute atomic E-state index is 0.0406. The zero-order valence-corrected chi connectivity index (χ0v) is 10.5. The number of nitrogens with zero attached hydrogens (tertiary/aromatic N) is 1. The molecule has 1 N–H and O–H groups in total. The number of hydrogen-bond donors (Lipinski definition) is 1. The molecule has 3 heterocycles. The van der Waals surface area contributed by atoms with E-state index in [9.17, 15) is 0 Å². The molecule has 2 fully saturated rings. The molecule has 18 heavy (non-hydrogen) atoms. The Hall–Kier alpha value is -0.960. The molecule has 0 saturated carbocycles. The maximum absolute atomic E-state index is 15.4. The molecule has 3 unspecified atom stereocenters. The van der Waals surface area contributed by atoms with Gasteiger partial charge in [-0.1, -0.05) is 6.07 Å². The van der Waals surface area contributed by atoms with Gasteiger partial charge in [-0.3, -0.25) is 4.98 Å². The van der Waals surface area contributed by atoms with Crippen LogP contribution in [0, 0.1) is 0 Å². The number of halogens is 1. The average Bonchev–Trinajstić information content (AvgIpc) is 2.93. The van der Waals surface area contributed by atoms with Crippen molar-refractivity contribution in [2.75, 3.05) is 0 Å². The molecule has 0 radical (unpaired) electrons. The van der Waals surface area contributed by atoms with Crippen LogP contribution in [0.3, 0.4) is 0 Å². The van der Waals surface area contributed by atoms with E-state index in [2.05, 4.69) is 16.4 Å². The molecule has 0 spiro atoms. The molecule has 1 aromatic rings. The molecular weight excluding hydrogens is 227 g/mol. The van der Waals surface area contributed by atoms with Crippen LogP contribution in [0.4, 0.5) is 4.39 Å². The molecular formula is C15H19FN2. The lowest BCUT2D eigenvalue weighted by atomic mass is 9.77. The van der Waals surface area contributed by atoms with Crippen molar-refractivity contribution in [2.24, 2.45) is 0 Å². The molecule has 3 atom stereocenters. The monoisotopic (exact) mass is 246 g/mol. The third-order valence-corrected chi connectivity index (χ3v) is 5.09. The number of piperidine rings is 1. The number of nitrogens with one attached hydrogen (secondary N) is 1. The summed E-state index contributed by atoms with van der Waals surface area (Å²) in [5, 5.41) is 3.53. The Labute approximate surface area is 107 Å². The maximum atomic E-state index is 15.4. The molecule has 3 heteroatoms. The van der Waals surface area contributed by atoms with Crippen molar-refractivity contribution in [1.29, 1.82) is 0 Å². The number of hydrogen-bond acceptors (Lipinski definition) is 2. The van der Waals surface area contributed by atoms with Gasteiger partial charge in [-0.25, -0.2) is 4.39 Å². The Morgan fingerprint density at radius 3 is 2.78 bits per heavy atom. The fraction of sp³-hybridized carbons (Fsp3) is 0.667. The molecule has 0 amide bonds. The van der Waals surface area contributed by atoms with Gasteiger partial charge in [0, 0.05) is 29.9 Å². The quantitative estimate of drug-likeness (QED) is 0.824. The lowest BCUT2D eigenvalue weighted by molar-refractivity contribution is 0.0573. The number of aromatic nitrogens is 1. The van der Waals surface area contributed by atoms with E-state index in [-0.39, 0.29) is 5.92 Å². The molecule has 1 aromatic heterocycles. The predicted octanol–water partition coefficient (Wildman–Crippen LogP) is 2.73. The van der Waals surface area contributed by atoms with E-state index in [0.717, 1.165) is 31.4 Å². The SMILES string of the molecule is FC1(C2CCc3cccnc32)CC2CCC(C1)N2. The van der Waals surface area contributed by atoms with Crippen LogP contribution < -0.4 is 5.32 Å². The van der Waals surface area contributed by atoms with Crippen molar-refractivity contribution in [1.82, 2.24) is 10.3 Å². The smallest absolute Gasteiger partial charge is 0.122 e. The van der Waals surface area contributed by atoms with Gasteiger partial charge in [-0.05, 0) is 50.2 Å². The lowest BCUT2D eigenvalue weighted by Crippen LogP contribution is -2.48. The van der Waals surface area contributed by atoms with Crippen LogP contribution in [-0.2, 0) is 6.42 Å². The first-order valence-electron chi connectivity index (χ1n) is 7.13. The third-order valence-electron chi connectivity index (χ3n) is 5.09. The minimum Gasteiger partial charge on any atom is -0.311 e. The highest BCUT2D eigenvalue weighted by atomic mass is 19.1. The van der Waals surface area contributed by atoms with Gasteiger partial charge in [-0.2, -0.15) is 0 Å². The average molecular weight is 246 g/mol. The van der Waals surface area contributed by atoms with Gasteiger partial charge in [0.05, 0.1) is 0 Å². The maximum Gasteiger partial charge on any atom is 0.122 e. The highest BCUT2D eigenvalue weighted by molar-refractivity contribution is 5.32. The molecule has 1 aliphatic carbocycles. The van der Waals surface area contributed by atoms with Crippen LogP contribution in [0.5, 0.6) is 0 Å². The van der Waals surface area contributed by atoms with Gasteiger partial charge >= 0.3 is 0 Å². The second-order valence-corrected chi connectivity index (χ2v) is 6.22. The summed E-state index contributed by atoms with van der Waals surface area (Å²) >= 11 is 0. The molecule has 2 saturated heterocycles. The van der Waals surface area contributed by atoms with Crippen molar-refractivity contribution in [3.8, 4) is 0 Å². The van der Waals surface area contributed by atoms with Gasteiger partial charge in [-0.15, -0.1) is 0 Å². The zero-order chi connectivity index (χ0) is 12.2. The Morgan fingerprint density at radius 1 is 1.22 bits per heavy atom. The minimum atomic E-state index is -1.02. The first-order chi connectivity index (χ1) is 8.74. The lowest BCUT2D eigenvalue weighted by Gasteiger charge is -2.39. The summed E-state index contributed by atoms with van der Waals surface area (Å²) in [4.78, 5) is 4.47. The van der Waals surface area contributed by atoms with Crippen molar-refractivity contribution in [3.63, 3.8) is 0 Å². The third kappa shape index (κ3) is 1.53. The summed E-state index contributed by atoms with van der Waals surface area (Å²) in [6, 6.07) is 4.89. The Bertz CT molecular complexity index is 461. The highest BCUT2D eigenvalue weighted by Gasteiger charge is 2.51. The summed E-state index contributed by atoms with van der Waals surface area (Å²) in [6.45, 7) is 0. The molecule has 2 nitrogen and oxygen atoms in total. The number of pyridine rings is 1. The van der Waals surface area contributed by atoms with Crippen LogP contribution in [0.2, 0.25) is 0 Å². The summed E-state index contributed by atoms with van der Waals surface area (Å²) in [5.74, 6) is 0.0406. The fourth-order valence-electron chi connectivity index (χ4n) is 4.33. The van der Waals surface area contributed by atoms with E-state index in [1.54, 1.807) is 0 Å². The second-order valence-electron chi connectivity index (χ2n) is 6.22. The molecule has 96 valence electrons. The summed E-state index contributed by atoms with van der Waals surface area (Å²) in [6.07, 6.45) is 7.44. The van der Waals surface area contributed by atoms with Crippen molar-refractivity contribution in [2.45, 2.75) is 62.2 Å². The zero-order valence-electron chi connectivity index (χ0n) is 10.5. The number of fused-ring (bicyclic) bond motifs is 3. The predicted molar refractivity (Wildman–Crippen MR) is 68.3 cm³/mol. The molecule has 2 bridgehead atoms. The fourth-order valence-corrected chi connectivity index (χ4v) is 4.33. The topological polar surface area (TPSA) is 24.9 Å². The molecule has 2 aliphatic heterocycles. The van der Waals surface area contributed by atoms with Crippen molar-refractivity contribution < 1.29 is 4.39 Å². The first kappa shape index (κ1) is 10.9. The normalized spacial score (nSPS) is 41.9. The summed E-state index contributed by atoms with van der Waals surface area (Å²) < 4.78 is 15.4. The van der Waals surface area contributed by atoms with E-state index >= 15 is 4.39 Å². The van der Waals surface area contributed by atoms with Crippen molar-refractivity contribution >= 4 is 0 Å². The van der Waals surface area contributed by atoms with Crippen molar-refractivity contribution in [3.05, 3.63) is 29.6 Å². The van der Waals surface area contributed by atoms with E-state index in [1.807, 2.05) is 12.3 Å². The number of aryl methyl sites for hydroxylation is 1. The van der Waals surface area contributed by atoms with Gasteiger partial charge in [0.2, 0.25) is 0 Å². The van der Waals surface area contributed by atoms with E-state index in [0.29, 0.717) is 24.9 Å². The van der Waals surface area contributed by atoms with E-state index in [4.69, 9.17) is 0 Å². The second kappa shape index (κ2) is 3.77. The Balaban J connectivity index is 1.68. The van der Waals surface area contributed by atoms with Crippen LogP contribution in [0.1, 0.15) is 49.3 Å². The largest absolute Gasteiger partial charge is 0.311 e. The van der Waals surface area contributed by atoms with E-state index < -0.39 is 5.67 Å². The van der Waals surface area contributed by atoms with Crippen LogP contribution >= 0.6 is 0 Å². The molecule has 4 rings (SSSR count). The first-order valence-corrected chi connectivity index (χ1v) is 7.13. The molecule has 3 aliphatic rings. The van der Waals surface area contributed by atoms with Gasteiger partial charge < -0.3 is 5.32 Å². The number of rotatable bonds is 1. The van der Waals surface area contributed by atoms with Crippen LogP contribution in [-0.4, -0.2) is 22.7 Å². The standard InChI is InChI=1S/C15H19FN2/c16-15(8-11-4-5-12(9-15)18-11)13-6-3-10-2-1-7-17-14(10)13/h1-2,7,11-13,18H,3-6,8-9H2. The van der Waals surface area contributed by atoms with E-state index in [1.165, 1.54) is 5.56 Å². The highest BCUT2D eigenvalue weighted by Crippen LogP contribution is 2.49.